The molecule has 1 saturated heterocycles. The van der Waals surface area contributed by atoms with Gasteiger partial charge in [0.15, 0.2) is 0 Å². The van der Waals surface area contributed by atoms with Crippen molar-refractivity contribution in [1.29, 1.82) is 0 Å². The van der Waals surface area contributed by atoms with Crippen LogP contribution in [0.1, 0.15) is 21.5 Å². The zero-order valence-electron chi connectivity index (χ0n) is 15.2. The molecule has 1 amide bonds. The van der Waals surface area contributed by atoms with Crippen molar-refractivity contribution in [3.05, 3.63) is 59.2 Å². The van der Waals surface area contributed by atoms with Crippen molar-refractivity contribution < 1.29 is 14.4 Å². The monoisotopic (exact) mass is 369 g/mol. The molecule has 0 unspecified atom stereocenters. The number of quaternary nitrogens is 1. The minimum Gasteiger partial charge on any atom is -0.493 e. The summed E-state index contributed by atoms with van der Waals surface area (Å²) in [7, 11) is 0. The Morgan fingerprint density at radius 1 is 1.15 bits per heavy atom. The van der Waals surface area contributed by atoms with E-state index in [9.17, 15) is 4.79 Å². The molecule has 0 saturated carbocycles. The van der Waals surface area contributed by atoms with Gasteiger partial charge in [-0.05, 0) is 54.3 Å². The Balaban J connectivity index is 1.32. The average molecular weight is 370 g/mol. The molecule has 2 aliphatic heterocycles. The highest BCUT2D eigenvalue weighted by Crippen LogP contribution is 2.25. The maximum absolute atomic E-state index is 12.7. The molecule has 4 nitrogen and oxygen atoms in total. The maximum Gasteiger partial charge on any atom is 0.254 e. The highest BCUT2D eigenvalue weighted by Gasteiger charge is 2.25. The summed E-state index contributed by atoms with van der Waals surface area (Å²) < 4.78 is 5.59. The van der Waals surface area contributed by atoms with Crippen LogP contribution in [0.3, 0.4) is 0 Å². The Bertz CT molecular complexity index is 783. The summed E-state index contributed by atoms with van der Waals surface area (Å²) in [5, 5.41) is 0. The first-order valence-corrected chi connectivity index (χ1v) is 10.5. The molecular formula is C21H25N2O2S+. The van der Waals surface area contributed by atoms with Crippen LogP contribution in [-0.2, 0) is 13.0 Å². The summed E-state index contributed by atoms with van der Waals surface area (Å²) in [6, 6.07) is 14.5. The van der Waals surface area contributed by atoms with Crippen LogP contribution in [-0.4, -0.2) is 49.8 Å². The summed E-state index contributed by atoms with van der Waals surface area (Å²) in [6.45, 7) is 5.49. The predicted octanol–water partition coefficient (Wildman–Crippen LogP) is 1.88. The second-order valence-electron chi connectivity index (χ2n) is 6.99. The second kappa shape index (κ2) is 7.72. The molecular weight excluding hydrogens is 344 g/mol. The van der Waals surface area contributed by atoms with Gasteiger partial charge in [0.1, 0.15) is 12.3 Å². The summed E-state index contributed by atoms with van der Waals surface area (Å²) >= 11 is 1.70. The van der Waals surface area contributed by atoms with E-state index >= 15 is 0 Å². The van der Waals surface area contributed by atoms with E-state index in [2.05, 4.69) is 18.2 Å². The van der Waals surface area contributed by atoms with E-state index in [1.165, 1.54) is 16.0 Å². The molecule has 2 aromatic carbocycles. The lowest BCUT2D eigenvalue weighted by Gasteiger charge is -2.32. The van der Waals surface area contributed by atoms with Crippen LogP contribution in [0.25, 0.3) is 0 Å². The van der Waals surface area contributed by atoms with Gasteiger partial charge >= 0.3 is 0 Å². The molecule has 5 heteroatoms. The minimum absolute atomic E-state index is 0.159. The minimum atomic E-state index is 0.159. The first kappa shape index (κ1) is 17.4. The molecule has 0 aromatic heterocycles. The Hall–Kier alpha value is -1.98. The SMILES string of the molecule is CSc1ccc(C(=O)N2CC[NH+](Cc3ccc4c(c3)CCO4)CC2)cc1. The molecule has 136 valence electrons. The van der Waals surface area contributed by atoms with Crippen LogP contribution in [0.4, 0.5) is 0 Å². The number of carbonyl (C=O) groups excluding carboxylic acids is 1. The fourth-order valence-corrected chi connectivity index (χ4v) is 4.17. The number of hydrogen-bond acceptors (Lipinski definition) is 3. The van der Waals surface area contributed by atoms with Crippen LogP contribution in [0.15, 0.2) is 47.4 Å². The number of hydrogen-bond donors (Lipinski definition) is 1. The van der Waals surface area contributed by atoms with E-state index in [-0.39, 0.29) is 5.91 Å². The fourth-order valence-electron chi connectivity index (χ4n) is 3.76. The number of thioether (sulfide) groups is 1. The predicted molar refractivity (Wildman–Crippen MR) is 104 cm³/mol. The van der Waals surface area contributed by atoms with E-state index in [0.717, 1.165) is 57.1 Å². The lowest BCUT2D eigenvalue weighted by molar-refractivity contribution is -0.917. The topological polar surface area (TPSA) is 34.0 Å². The van der Waals surface area contributed by atoms with Crippen LogP contribution in [0, 0.1) is 0 Å². The maximum atomic E-state index is 12.7. The smallest absolute Gasteiger partial charge is 0.254 e. The van der Waals surface area contributed by atoms with Gasteiger partial charge in [0.25, 0.3) is 5.91 Å². The van der Waals surface area contributed by atoms with Gasteiger partial charge in [-0.25, -0.2) is 0 Å². The molecule has 1 N–H and O–H groups in total. The van der Waals surface area contributed by atoms with E-state index in [4.69, 9.17) is 4.74 Å². The number of nitrogens with one attached hydrogen (secondary N) is 1. The van der Waals surface area contributed by atoms with Crippen LogP contribution in [0.5, 0.6) is 5.75 Å². The van der Waals surface area contributed by atoms with Gasteiger partial charge < -0.3 is 14.5 Å². The molecule has 0 radical (unpaired) electrons. The largest absolute Gasteiger partial charge is 0.493 e. The lowest BCUT2D eigenvalue weighted by Crippen LogP contribution is -3.13. The molecule has 0 spiro atoms. The van der Waals surface area contributed by atoms with E-state index in [1.54, 1.807) is 16.7 Å². The molecule has 2 aliphatic rings. The van der Waals surface area contributed by atoms with Crippen molar-refractivity contribution in [2.45, 2.75) is 17.9 Å². The zero-order chi connectivity index (χ0) is 17.9. The number of ether oxygens (including phenoxy) is 1. The van der Waals surface area contributed by atoms with Gasteiger partial charge in [-0.3, -0.25) is 4.79 Å². The second-order valence-corrected chi connectivity index (χ2v) is 7.87. The molecule has 1 fully saturated rings. The van der Waals surface area contributed by atoms with Gasteiger partial charge in [-0.1, -0.05) is 0 Å². The van der Waals surface area contributed by atoms with Crippen LogP contribution in [0.2, 0.25) is 0 Å². The van der Waals surface area contributed by atoms with Crippen molar-refractivity contribution in [1.82, 2.24) is 4.90 Å². The Morgan fingerprint density at radius 3 is 2.65 bits per heavy atom. The Labute approximate surface area is 159 Å². The van der Waals surface area contributed by atoms with Gasteiger partial charge in [0.05, 0.1) is 32.8 Å². The Kier molecular flexibility index (Phi) is 5.18. The number of fused-ring (bicyclic) bond motifs is 1. The lowest BCUT2D eigenvalue weighted by atomic mass is 10.1. The molecule has 0 atom stereocenters. The first-order chi connectivity index (χ1) is 12.7. The van der Waals surface area contributed by atoms with E-state index in [0.29, 0.717) is 0 Å². The van der Waals surface area contributed by atoms with Gasteiger partial charge in [0, 0.05) is 22.4 Å². The number of amides is 1. The molecule has 4 rings (SSSR count). The Morgan fingerprint density at radius 2 is 1.92 bits per heavy atom. The molecule has 2 aromatic rings. The first-order valence-electron chi connectivity index (χ1n) is 9.24. The van der Waals surface area contributed by atoms with E-state index in [1.807, 2.05) is 35.4 Å². The van der Waals surface area contributed by atoms with Crippen molar-refractivity contribution >= 4 is 17.7 Å². The van der Waals surface area contributed by atoms with Crippen molar-refractivity contribution in [3.8, 4) is 5.75 Å². The average Bonchev–Trinajstić information content (AvgIpc) is 3.16. The van der Waals surface area contributed by atoms with E-state index < -0.39 is 0 Å². The zero-order valence-corrected chi connectivity index (χ0v) is 16.0. The molecule has 26 heavy (non-hydrogen) atoms. The summed E-state index contributed by atoms with van der Waals surface area (Å²) in [6.07, 6.45) is 3.07. The van der Waals surface area contributed by atoms with Crippen molar-refractivity contribution in [2.75, 3.05) is 39.0 Å². The molecule has 2 heterocycles. The number of benzene rings is 2. The fraction of sp³-hybridized carbons (Fsp3) is 0.381. The summed E-state index contributed by atoms with van der Waals surface area (Å²) in [4.78, 5) is 17.4. The molecule has 0 aliphatic carbocycles. The van der Waals surface area contributed by atoms with Gasteiger partial charge in [-0.2, -0.15) is 0 Å². The summed E-state index contributed by atoms with van der Waals surface area (Å²) in [5.41, 5.74) is 3.51. The van der Waals surface area contributed by atoms with Crippen molar-refractivity contribution in [3.63, 3.8) is 0 Å². The van der Waals surface area contributed by atoms with Crippen molar-refractivity contribution in [2.24, 2.45) is 0 Å². The summed E-state index contributed by atoms with van der Waals surface area (Å²) in [5.74, 6) is 1.21. The third-order valence-electron chi connectivity index (χ3n) is 5.30. The van der Waals surface area contributed by atoms with Crippen LogP contribution >= 0.6 is 11.8 Å². The number of piperazine rings is 1. The normalized spacial score (nSPS) is 17.0. The van der Waals surface area contributed by atoms with Crippen LogP contribution < -0.4 is 9.64 Å². The highest BCUT2D eigenvalue weighted by molar-refractivity contribution is 7.98. The number of carbonyl (C=O) groups is 1. The number of rotatable bonds is 4. The third-order valence-corrected chi connectivity index (χ3v) is 6.05. The third kappa shape index (κ3) is 3.74. The quantitative estimate of drug-likeness (QED) is 0.836. The number of nitrogens with zero attached hydrogens (tertiary/aromatic N) is 1. The van der Waals surface area contributed by atoms with Gasteiger partial charge in [0.2, 0.25) is 0 Å². The standard InChI is InChI=1S/C21H24N2O2S/c1-26-19-5-3-17(4-6-19)21(24)23-11-9-22(10-12-23)15-16-2-7-20-18(14-16)8-13-25-20/h2-7,14H,8-13,15H2,1H3/p+1. The molecule has 0 bridgehead atoms. The van der Waals surface area contributed by atoms with Gasteiger partial charge in [-0.15, -0.1) is 11.8 Å². The highest BCUT2D eigenvalue weighted by atomic mass is 32.2.